The van der Waals surface area contributed by atoms with E-state index in [9.17, 15) is 9.59 Å². The Morgan fingerprint density at radius 3 is 2.59 bits per heavy atom. The average molecular weight is 413 g/mol. The summed E-state index contributed by atoms with van der Waals surface area (Å²) in [5.41, 5.74) is 2.73. The molecule has 0 atom stereocenters. The fourth-order valence-corrected chi connectivity index (χ4v) is 2.59. The Bertz CT molecular complexity index is 969. The van der Waals surface area contributed by atoms with E-state index < -0.39 is 0 Å². The van der Waals surface area contributed by atoms with Gasteiger partial charge in [0.15, 0.2) is 0 Å². The Morgan fingerprint density at radius 2 is 1.86 bits per heavy atom. The normalized spacial score (nSPS) is 10.4. The standard InChI is InChI=1S/C20H21ClN6O2/c1-14-2-7-18(23-10-14)26-19(28)8-9-22-20(29)24-11-15-12-25-27(13-15)17-5-3-16(21)4-6-17/h2-7,10,12-13H,8-9,11H2,1H3,(H2,22,24,29)(H,23,26,28). The first-order valence-corrected chi connectivity index (χ1v) is 9.41. The molecule has 0 unspecified atom stereocenters. The van der Waals surface area contributed by atoms with Gasteiger partial charge in [0.05, 0.1) is 11.9 Å². The maximum atomic E-state index is 11.9. The van der Waals surface area contributed by atoms with E-state index in [1.807, 2.05) is 31.3 Å². The van der Waals surface area contributed by atoms with Gasteiger partial charge in [0.1, 0.15) is 5.82 Å². The number of nitrogens with zero attached hydrogens (tertiary/aromatic N) is 3. The molecule has 0 radical (unpaired) electrons. The van der Waals surface area contributed by atoms with Gasteiger partial charge in [-0.15, -0.1) is 0 Å². The minimum atomic E-state index is -0.356. The molecular weight excluding hydrogens is 392 g/mol. The fourth-order valence-electron chi connectivity index (χ4n) is 2.47. The van der Waals surface area contributed by atoms with Gasteiger partial charge in [-0.3, -0.25) is 4.79 Å². The van der Waals surface area contributed by atoms with Crippen LogP contribution in [0.3, 0.4) is 0 Å². The van der Waals surface area contributed by atoms with Crippen LogP contribution in [0.4, 0.5) is 10.6 Å². The molecule has 2 heterocycles. The first kappa shape index (κ1) is 20.3. The maximum Gasteiger partial charge on any atom is 0.315 e. The zero-order valence-corrected chi connectivity index (χ0v) is 16.6. The van der Waals surface area contributed by atoms with E-state index in [-0.39, 0.29) is 24.9 Å². The number of hydrogen-bond acceptors (Lipinski definition) is 4. The molecule has 9 heteroatoms. The van der Waals surface area contributed by atoms with Crippen LogP contribution >= 0.6 is 11.6 Å². The minimum absolute atomic E-state index is 0.150. The topological polar surface area (TPSA) is 101 Å². The van der Waals surface area contributed by atoms with E-state index in [1.165, 1.54) is 0 Å². The molecule has 29 heavy (non-hydrogen) atoms. The lowest BCUT2D eigenvalue weighted by Gasteiger charge is -2.07. The molecule has 3 N–H and O–H groups in total. The molecule has 8 nitrogen and oxygen atoms in total. The Kier molecular flexibility index (Phi) is 6.80. The summed E-state index contributed by atoms with van der Waals surface area (Å²) in [4.78, 5) is 27.9. The number of urea groups is 1. The van der Waals surface area contributed by atoms with Gasteiger partial charge in [-0.2, -0.15) is 5.10 Å². The zero-order chi connectivity index (χ0) is 20.6. The summed E-state index contributed by atoms with van der Waals surface area (Å²) >= 11 is 5.88. The number of rotatable bonds is 7. The van der Waals surface area contributed by atoms with Gasteiger partial charge in [0.2, 0.25) is 5.91 Å². The highest BCUT2D eigenvalue weighted by Gasteiger charge is 2.06. The molecule has 0 saturated carbocycles. The monoisotopic (exact) mass is 412 g/mol. The van der Waals surface area contributed by atoms with Crippen molar-refractivity contribution < 1.29 is 9.59 Å². The number of pyridine rings is 1. The van der Waals surface area contributed by atoms with Gasteiger partial charge < -0.3 is 16.0 Å². The van der Waals surface area contributed by atoms with E-state index in [4.69, 9.17) is 11.6 Å². The van der Waals surface area contributed by atoms with Crippen molar-refractivity contribution in [2.24, 2.45) is 0 Å². The van der Waals surface area contributed by atoms with Gasteiger partial charge in [-0.1, -0.05) is 17.7 Å². The molecule has 0 bridgehead atoms. The maximum absolute atomic E-state index is 11.9. The molecule has 2 aromatic heterocycles. The van der Waals surface area contributed by atoms with Crippen LogP contribution in [0.1, 0.15) is 17.5 Å². The Hall–Kier alpha value is -3.39. The van der Waals surface area contributed by atoms with Gasteiger partial charge >= 0.3 is 6.03 Å². The van der Waals surface area contributed by atoms with Gasteiger partial charge in [0, 0.05) is 42.5 Å². The second-order valence-corrected chi connectivity index (χ2v) is 6.83. The van der Waals surface area contributed by atoms with Crippen LogP contribution < -0.4 is 16.0 Å². The van der Waals surface area contributed by atoms with Crippen LogP contribution in [-0.2, 0) is 11.3 Å². The third-order valence-corrected chi connectivity index (χ3v) is 4.25. The van der Waals surface area contributed by atoms with Crippen molar-refractivity contribution in [1.82, 2.24) is 25.4 Å². The molecule has 3 aromatic rings. The molecule has 3 amide bonds. The highest BCUT2D eigenvalue weighted by Crippen LogP contribution is 2.13. The molecule has 1 aromatic carbocycles. The highest BCUT2D eigenvalue weighted by molar-refractivity contribution is 6.30. The SMILES string of the molecule is Cc1ccc(NC(=O)CCNC(=O)NCc2cnn(-c3ccc(Cl)cc3)c2)nc1. The number of carbonyl (C=O) groups is 2. The first-order valence-electron chi connectivity index (χ1n) is 9.03. The predicted molar refractivity (Wildman–Crippen MR) is 111 cm³/mol. The lowest BCUT2D eigenvalue weighted by molar-refractivity contribution is -0.116. The molecule has 0 fully saturated rings. The molecule has 0 spiro atoms. The predicted octanol–water partition coefficient (Wildman–Crippen LogP) is 3.06. The minimum Gasteiger partial charge on any atom is -0.338 e. The number of halogens is 1. The van der Waals surface area contributed by atoms with Crippen LogP contribution in [0.25, 0.3) is 5.69 Å². The number of benzene rings is 1. The molecule has 0 aliphatic carbocycles. The summed E-state index contributed by atoms with van der Waals surface area (Å²) in [5.74, 6) is 0.272. The number of aromatic nitrogens is 3. The van der Waals surface area contributed by atoms with Crippen LogP contribution in [0, 0.1) is 6.92 Å². The van der Waals surface area contributed by atoms with E-state index in [2.05, 4.69) is 26.0 Å². The van der Waals surface area contributed by atoms with Crippen molar-refractivity contribution in [2.75, 3.05) is 11.9 Å². The smallest absolute Gasteiger partial charge is 0.315 e. The lowest BCUT2D eigenvalue weighted by Crippen LogP contribution is -2.36. The fraction of sp³-hybridized carbons (Fsp3) is 0.200. The summed E-state index contributed by atoms with van der Waals surface area (Å²) in [6.07, 6.45) is 5.33. The van der Waals surface area contributed by atoms with E-state index >= 15 is 0 Å². The molecule has 0 aliphatic rings. The number of nitrogens with one attached hydrogen (secondary N) is 3. The van der Waals surface area contributed by atoms with E-state index in [0.717, 1.165) is 16.8 Å². The van der Waals surface area contributed by atoms with Crippen molar-refractivity contribution in [3.63, 3.8) is 0 Å². The number of carbonyl (C=O) groups excluding carboxylic acids is 2. The molecule has 0 saturated heterocycles. The highest BCUT2D eigenvalue weighted by atomic mass is 35.5. The molecule has 150 valence electrons. The second kappa shape index (κ2) is 9.70. The summed E-state index contributed by atoms with van der Waals surface area (Å²) in [6, 6.07) is 10.5. The summed E-state index contributed by atoms with van der Waals surface area (Å²) in [7, 11) is 0. The number of anilines is 1. The average Bonchev–Trinajstić information content (AvgIpc) is 3.18. The van der Waals surface area contributed by atoms with Crippen molar-refractivity contribution in [3.8, 4) is 5.69 Å². The molecule has 3 rings (SSSR count). The second-order valence-electron chi connectivity index (χ2n) is 6.40. The number of hydrogen-bond donors (Lipinski definition) is 3. The quantitative estimate of drug-likeness (QED) is 0.555. The summed E-state index contributed by atoms with van der Waals surface area (Å²) in [6.45, 7) is 2.45. The van der Waals surface area contributed by atoms with Gasteiger partial charge in [0.25, 0.3) is 0 Å². The largest absolute Gasteiger partial charge is 0.338 e. The van der Waals surface area contributed by atoms with Crippen molar-refractivity contribution in [2.45, 2.75) is 19.9 Å². The summed E-state index contributed by atoms with van der Waals surface area (Å²) < 4.78 is 1.70. The van der Waals surface area contributed by atoms with Crippen molar-refractivity contribution >= 4 is 29.4 Å². The van der Waals surface area contributed by atoms with Crippen LogP contribution in [-0.4, -0.2) is 33.2 Å². The third-order valence-electron chi connectivity index (χ3n) is 4.00. The number of aryl methyl sites for hydroxylation is 1. The first-order chi connectivity index (χ1) is 14.0. The zero-order valence-electron chi connectivity index (χ0n) is 15.9. The number of amides is 3. The van der Waals surface area contributed by atoms with Crippen LogP contribution in [0.15, 0.2) is 55.0 Å². The Morgan fingerprint density at radius 1 is 1.07 bits per heavy atom. The molecular formula is C20H21ClN6O2. The van der Waals surface area contributed by atoms with Crippen LogP contribution in [0.2, 0.25) is 5.02 Å². The summed E-state index contributed by atoms with van der Waals surface area (Å²) in [5, 5.41) is 13.0. The van der Waals surface area contributed by atoms with Gasteiger partial charge in [-0.05, 0) is 42.8 Å². The van der Waals surface area contributed by atoms with Gasteiger partial charge in [-0.25, -0.2) is 14.5 Å². The van der Waals surface area contributed by atoms with Crippen molar-refractivity contribution in [3.05, 3.63) is 71.1 Å². The Balaban J connectivity index is 1.37. The van der Waals surface area contributed by atoms with E-state index in [1.54, 1.807) is 35.3 Å². The van der Waals surface area contributed by atoms with Crippen molar-refractivity contribution in [1.29, 1.82) is 0 Å². The molecule has 0 aliphatic heterocycles. The lowest BCUT2D eigenvalue weighted by atomic mass is 10.3. The Labute approximate surface area is 173 Å². The van der Waals surface area contributed by atoms with E-state index in [0.29, 0.717) is 17.4 Å². The third kappa shape index (κ3) is 6.32. The van der Waals surface area contributed by atoms with Crippen LogP contribution in [0.5, 0.6) is 0 Å².